The number of aliphatic carboxylic acids is 1. The SMILES string of the molecule is N.O=C(O)Cc1ccccn1.[Cl][Pt][Cl]. The molecule has 1 aromatic rings. The van der Waals surface area contributed by atoms with Gasteiger partial charge in [-0.1, -0.05) is 6.07 Å². The molecule has 4 N–H and O–H groups in total. The second-order valence-corrected chi connectivity index (χ2v) is 5.22. The van der Waals surface area contributed by atoms with Crippen molar-refractivity contribution in [3.63, 3.8) is 0 Å². The number of hydrogen-bond acceptors (Lipinski definition) is 3. The van der Waals surface area contributed by atoms with E-state index in [9.17, 15) is 4.79 Å². The Morgan fingerprint density at radius 1 is 1.50 bits per heavy atom. The van der Waals surface area contributed by atoms with E-state index in [4.69, 9.17) is 23.9 Å². The fourth-order valence-corrected chi connectivity index (χ4v) is 0.658. The molecule has 0 spiro atoms. The summed E-state index contributed by atoms with van der Waals surface area (Å²) in [7, 11) is 9.75. The Morgan fingerprint density at radius 2 is 2.07 bits per heavy atom. The molecule has 4 nitrogen and oxygen atoms in total. The van der Waals surface area contributed by atoms with Crippen LogP contribution in [0.15, 0.2) is 24.4 Å². The molecule has 1 heterocycles. The third kappa shape index (κ3) is 9.93. The van der Waals surface area contributed by atoms with E-state index in [1.54, 1.807) is 24.4 Å². The van der Waals surface area contributed by atoms with Crippen LogP contribution in [0.2, 0.25) is 0 Å². The normalized spacial score (nSPS) is 8.14. The first-order valence-corrected chi connectivity index (χ1v) is 8.78. The van der Waals surface area contributed by atoms with Gasteiger partial charge in [0.25, 0.3) is 0 Å². The summed E-state index contributed by atoms with van der Waals surface area (Å²) in [6, 6.07) is 5.21. The van der Waals surface area contributed by atoms with Gasteiger partial charge in [0.2, 0.25) is 0 Å². The van der Waals surface area contributed by atoms with E-state index in [0.717, 1.165) is 0 Å². The number of carboxylic acid groups (broad SMARTS) is 1. The van der Waals surface area contributed by atoms with Crippen molar-refractivity contribution in [3.8, 4) is 0 Å². The summed E-state index contributed by atoms with van der Waals surface area (Å²) >= 11 is -0.472. The second-order valence-electron chi connectivity index (χ2n) is 1.94. The molecule has 84 valence electrons. The van der Waals surface area contributed by atoms with E-state index in [1.807, 2.05) is 0 Å². The van der Waals surface area contributed by atoms with Gasteiger partial charge in [-0.2, -0.15) is 0 Å². The molecule has 0 amide bonds. The zero-order valence-corrected chi connectivity index (χ0v) is 10.9. The molecule has 0 aliphatic carbocycles. The van der Waals surface area contributed by atoms with Crippen LogP contribution in [0.3, 0.4) is 0 Å². The number of carboxylic acids is 1. The summed E-state index contributed by atoms with van der Waals surface area (Å²) in [6.07, 6.45) is 1.58. The molecular formula is C7H10Cl2N2O2Pt. The van der Waals surface area contributed by atoms with Gasteiger partial charge in [-0.3, -0.25) is 9.78 Å². The molecule has 14 heavy (non-hydrogen) atoms. The maximum atomic E-state index is 10.1. The van der Waals surface area contributed by atoms with Crippen LogP contribution in [-0.4, -0.2) is 16.1 Å². The van der Waals surface area contributed by atoms with Gasteiger partial charge in [0.05, 0.1) is 12.1 Å². The molecule has 0 saturated carbocycles. The third-order valence-corrected chi connectivity index (χ3v) is 1.06. The minimum atomic E-state index is -0.848. The van der Waals surface area contributed by atoms with Crippen LogP contribution in [0.5, 0.6) is 0 Å². The monoisotopic (exact) mass is 419 g/mol. The van der Waals surface area contributed by atoms with Crippen LogP contribution in [0.4, 0.5) is 0 Å². The van der Waals surface area contributed by atoms with Crippen LogP contribution >= 0.6 is 18.8 Å². The van der Waals surface area contributed by atoms with E-state index >= 15 is 0 Å². The number of carbonyl (C=O) groups is 1. The third-order valence-electron chi connectivity index (χ3n) is 1.06. The molecule has 1 aromatic heterocycles. The van der Waals surface area contributed by atoms with E-state index in [2.05, 4.69) is 4.98 Å². The Labute approximate surface area is 98.6 Å². The first-order valence-electron chi connectivity index (χ1n) is 3.14. The van der Waals surface area contributed by atoms with Gasteiger partial charge in [0.1, 0.15) is 0 Å². The van der Waals surface area contributed by atoms with Gasteiger partial charge >= 0.3 is 41.3 Å². The Bertz CT molecular complexity index is 249. The fraction of sp³-hybridized carbons (Fsp3) is 0.143. The van der Waals surface area contributed by atoms with Crippen molar-refractivity contribution in [3.05, 3.63) is 30.1 Å². The molecule has 0 atom stereocenters. The van der Waals surface area contributed by atoms with Crippen LogP contribution < -0.4 is 6.15 Å². The molecule has 0 bridgehead atoms. The van der Waals surface area contributed by atoms with Crippen molar-refractivity contribution in [2.75, 3.05) is 0 Å². The first kappa shape index (κ1) is 16.3. The van der Waals surface area contributed by atoms with E-state index in [1.165, 1.54) is 0 Å². The first-order chi connectivity index (χ1) is 6.20. The average Bonchev–Trinajstić information content (AvgIpc) is 2.06. The molecule has 1 rings (SSSR count). The Kier molecular flexibility index (Phi) is 12.7. The molecule has 0 unspecified atom stereocenters. The molecule has 7 heteroatoms. The maximum absolute atomic E-state index is 10.1. The zero-order valence-electron chi connectivity index (χ0n) is 7.10. The second kappa shape index (κ2) is 10.9. The molecule has 0 fully saturated rings. The van der Waals surface area contributed by atoms with Crippen LogP contribution in [-0.2, 0) is 27.7 Å². The van der Waals surface area contributed by atoms with Gasteiger partial charge in [0, 0.05) is 6.20 Å². The van der Waals surface area contributed by atoms with Gasteiger partial charge in [-0.25, -0.2) is 0 Å². The number of pyridine rings is 1. The summed E-state index contributed by atoms with van der Waals surface area (Å²) in [5.41, 5.74) is 0.593. The Morgan fingerprint density at radius 3 is 2.43 bits per heavy atom. The topological polar surface area (TPSA) is 85.2 Å². The predicted octanol–water partition coefficient (Wildman–Crippen LogP) is 2.25. The zero-order chi connectivity index (χ0) is 10.1. The number of hydrogen-bond donors (Lipinski definition) is 2. The average molecular weight is 420 g/mol. The van der Waals surface area contributed by atoms with Crippen LogP contribution in [0.25, 0.3) is 0 Å². The summed E-state index contributed by atoms with van der Waals surface area (Å²) in [6.45, 7) is 0. The molecule has 0 aliphatic rings. The fourth-order valence-electron chi connectivity index (χ4n) is 0.658. The Balaban J connectivity index is 0. The van der Waals surface area contributed by atoms with Gasteiger partial charge < -0.3 is 11.3 Å². The van der Waals surface area contributed by atoms with Gasteiger partial charge in [-0.05, 0) is 12.1 Å². The molecule has 0 radical (unpaired) electrons. The van der Waals surface area contributed by atoms with Gasteiger partial charge in [-0.15, -0.1) is 0 Å². The summed E-state index contributed by atoms with van der Waals surface area (Å²) in [5.74, 6) is -0.848. The minimum absolute atomic E-state index is 0. The van der Waals surface area contributed by atoms with Crippen molar-refractivity contribution in [1.82, 2.24) is 11.1 Å². The number of halogens is 2. The summed E-state index contributed by atoms with van der Waals surface area (Å²) in [5, 5.41) is 8.33. The number of nitrogens with zero attached hydrogens (tertiary/aromatic N) is 1. The predicted molar refractivity (Wildman–Crippen MR) is 52.3 cm³/mol. The standard InChI is InChI=1S/C7H7NO2.2ClH.H3N.Pt/c9-7(10)5-6-3-1-2-4-8-6;;;;/h1-4H,5H2,(H,9,10);2*1H;1H3;/q;;;;+2/p-2. The van der Waals surface area contributed by atoms with Crippen molar-refractivity contribution >= 4 is 24.8 Å². The summed E-state index contributed by atoms with van der Waals surface area (Å²) in [4.78, 5) is 14.0. The van der Waals surface area contributed by atoms with E-state index in [-0.39, 0.29) is 12.6 Å². The van der Waals surface area contributed by atoms with Crippen molar-refractivity contribution < 1.29 is 26.4 Å². The number of aromatic nitrogens is 1. The molecule has 0 aliphatic heterocycles. The molecule has 0 saturated heterocycles. The van der Waals surface area contributed by atoms with Crippen molar-refractivity contribution in [2.24, 2.45) is 0 Å². The van der Waals surface area contributed by atoms with E-state index in [0.29, 0.717) is 5.69 Å². The van der Waals surface area contributed by atoms with E-state index < -0.39 is 22.5 Å². The van der Waals surface area contributed by atoms with Gasteiger partial charge in [0.15, 0.2) is 0 Å². The van der Waals surface area contributed by atoms with Crippen molar-refractivity contribution in [2.45, 2.75) is 6.42 Å². The number of rotatable bonds is 2. The molecule has 0 aromatic carbocycles. The Hall–Kier alpha value is -0.152. The molecular weight excluding hydrogens is 410 g/mol. The summed E-state index contributed by atoms with van der Waals surface area (Å²) < 4.78 is 0. The van der Waals surface area contributed by atoms with Crippen LogP contribution in [0.1, 0.15) is 5.69 Å². The quantitative estimate of drug-likeness (QED) is 0.769. The van der Waals surface area contributed by atoms with Crippen LogP contribution in [0, 0.1) is 0 Å². The van der Waals surface area contributed by atoms with Crippen molar-refractivity contribution in [1.29, 1.82) is 0 Å².